The molecule has 0 amide bonds. The lowest BCUT2D eigenvalue weighted by atomic mass is 10.2. The molecule has 1 heterocycles. The molecule has 2 rings (SSSR count). The maximum atomic E-state index is 10.9. The molecule has 1 aliphatic heterocycles. The molecule has 0 aliphatic carbocycles. The van der Waals surface area contributed by atoms with Crippen molar-refractivity contribution in [1.82, 2.24) is 5.32 Å². The van der Waals surface area contributed by atoms with Crippen molar-refractivity contribution < 1.29 is 19.0 Å². The summed E-state index contributed by atoms with van der Waals surface area (Å²) in [6.07, 6.45) is 0. The first-order valence-electron chi connectivity index (χ1n) is 5.06. The van der Waals surface area contributed by atoms with Crippen molar-refractivity contribution in [2.24, 2.45) is 0 Å². The Morgan fingerprint density at radius 2 is 2.35 bits per heavy atom. The van der Waals surface area contributed by atoms with E-state index in [9.17, 15) is 4.79 Å². The predicted molar refractivity (Wildman–Crippen MR) is 61.3 cm³/mol. The molecule has 0 fully saturated rings. The third kappa shape index (κ3) is 2.81. The number of halogens is 1. The minimum Gasteiger partial charge on any atom is -0.468 e. The van der Waals surface area contributed by atoms with E-state index >= 15 is 0 Å². The molecule has 92 valence electrons. The molecule has 6 heteroatoms. The molecule has 1 aliphatic rings. The molecule has 17 heavy (non-hydrogen) atoms. The number of carbonyl (C=O) groups excluding carboxylic acids is 1. The Labute approximate surface area is 104 Å². The largest absolute Gasteiger partial charge is 0.468 e. The van der Waals surface area contributed by atoms with E-state index in [0.29, 0.717) is 23.1 Å². The maximum absolute atomic E-state index is 10.9. The fraction of sp³-hybridized carbons (Fsp3) is 0.364. The Kier molecular flexibility index (Phi) is 3.71. The lowest BCUT2D eigenvalue weighted by molar-refractivity contribution is -0.139. The first kappa shape index (κ1) is 12.0. The fourth-order valence-corrected chi connectivity index (χ4v) is 1.79. The van der Waals surface area contributed by atoms with Gasteiger partial charge in [0.2, 0.25) is 6.79 Å². The van der Waals surface area contributed by atoms with E-state index in [1.54, 1.807) is 6.07 Å². The summed E-state index contributed by atoms with van der Waals surface area (Å²) >= 11 is 6.02. The topological polar surface area (TPSA) is 56.8 Å². The van der Waals surface area contributed by atoms with E-state index in [0.717, 1.165) is 5.56 Å². The van der Waals surface area contributed by atoms with E-state index in [4.69, 9.17) is 21.1 Å². The van der Waals surface area contributed by atoms with Gasteiger partial charge >= 0.3 is 5.97 Å². The number of hydrogen-bond acceptors (Lipinski definition) is 5. The summed E-state index contributed by atoms with van der Waals surface area (Å²) in [4.78, 5) is 10.9. The van der Waals surface area contributed by atoms with E-state index in [2.05, 4.69) is 10.1 Å². The van der Waals surface area contributed by atoms with E-state index in [1.807, 2.05) is 6.07 Å². The monoisotopic (exact) mass is 257 g/mol. The van der Waals surface area contributed by atoms with E-state index < -0.39 is 0 Å². The van der Waals surface area contributed by atoms with Crippen LogP contribution in [0.25, 0.3) is 0 Å². The lowest BCUT2D eigenvalue weighted by Gasteiger charge is -2.06. The van der Waals surface area contributed by atoms with Gasteiger partial charge in [0.05, 0.1) is 18.7 Å². The number of esters is 1. The van der Waals surface area contributed by atoms with Crippen molar-refractivity contribution in [2.75, 3.05) is 20.4 Å². The van der Waals surface area contributed by atoms with Gasteiger partial charge in [-0.2, -0.15) is 0 Å². The van der Waals surface area contributed by atoms with Gasteiger partial charge in [-0.05, 0) is 17.7 Å². The first-order chi connectivity index (χ1) is 8.20. The fourth-order valence-electron chi connectivity index (χ4n) is 1.50. The van der Waals surface area contributed by atoms with Crippen LogP contribution < -0.4 is 14.8 Å². The number of carbonyl (C=O) groups is 1. The molecular formula is C11H12ClNO4. The molecule has 1 aromatic rings. The minimum atomic E-state index is -0.308. The van der Waals surface area contributed by atoms with Crippen LogP contribution in [0.3, 0.4) is 0 Å². The second-order valence-corrected chi connectivity index (χ2v) is 3.90. The van der Waals surface area contributed by atoms with Gasteiger partial charge in [-0.3, -0.25) is 4.79 Å². The first-order valence-corrected chi connectivity index (χ1v) is 5.44. The smallest absolute Gasteiger partial charge is 0.319 e. The number of nitrogens with one attached hydrogen (secondary N) is 1. The maximum Gasteiger partial charge on any atom is 0.319 e. The van der Waals surface area contributed by atoms with Crippen molar-refractivity contribution in [3.63, 3.8) is 0 Å². The Balaban J connectivity index is 1.98. The molecule has 5 nitrogen and oxygen atoms in total. The van der Waals surface area contributed by atoms with Gasteiger partial charge in [0.25, 0.3) is 0 Å². The summed E-state index contributed by atoms with van der Waals surface area (Å²) in [5, 5.41) is 3.45. The molecule has 0 saturated heterocycles. The number of rotatable bonds is 4. The third-order valence-corrected chi connectivity index (χ3v) is 2.59. The number of fused-ring (bicyclic) bond motifs is 1. The van der Waals surface area contributed by atoms with Gasteiger partial charge in [-0.25, -0.2) is 0 Å². The molecule has 1 N–H and O–H groups in total. The molecule has 0 bridgehead atoms. The van der Waals surface area contributed by atoms with E-state index in [1.165, 1.54) is 7.11 Å². The lowest BCUT2D eigenvalue weighted by Crippen LogP contribution is -2.23. The quantitative estimate of drug-likeness (QED) is 0.825. The van der Waals surface area contributed by atoms with Gasteiger partial charge in [0.15, 0.2) is 11.5 Å². The normalized spacial score (nSPS) is 12.6. The van der Waals surface area contributed by atoms with Gasteiger partial charge in [0.1, 0.15) is 0 Å². The van der Waals surface area contributed by atoms with Gasteiger partial charge in [-0.1, -0.05) is 11.6 Å². The van der Waals surface area contributed by atoms with Crippen LogP contribution in [-0.4, -0.2) is 26.4 Å². The molecule has 0 spiro atoms. The SMILES string of the molecule is COC(=O)CNCc1cc(Cl)c2c(c1)OCO2. The average molecular weight is 258 g/mol. The van der Waals surface area contributed by atoms with Crippen LogP contribution in [0.15, 0.2) is 12.1 Å². The summed E-state index contributed by atoms with van der Waals surface area (Å²) in [5.41, 5.74) is 0.920. The average Bonchev–Trinajstić information content (AvgIpc) is 2.77. The molecule has 0 unspecified atom stereocenters. The summed E-state index contributed by atoms with van der Waals surface area (Å²) in [5.74, 6) is 0.896. The van der Waals surface area contributed by atoms with Crippen LogP contribution in [0.1, 0.15) is 5.56 Å². The number of ether oxygens (including phenoxy) is 3. The third-order valence-electron chi connectivity index (χ3n) is 2.31. The van der Waals surface area contributed by atoms with E-state index in [-0.39, 0.29) is 19.3 Å². The molecule has 0 aromatic heterocycles. The van der Waals surface area contributed by atoms with Crippen LogP contribution >= 0.6 is 11.6 Å². The van der Waals surface area contributed by atoms with Crippen LogP contribution in [0.4, 0.5) is 0 Å². The highest BCUT2D eigenvalue weighted by Crippen LogP contribution is 2.39. The van der Waals surface area contributed by atoms with Gasteiger partial charge < -0.3 is 19.5 Å². The Morgan fingerprint density at radius 3 is 3.12 bits per heavy atom. The van der Waals surface area contributed by atoms with Gasteiger partial charge in [0, 0.05) is 6.54 Å². The zero-order chi connectivity index (χ0) is 12.3. The zero-order valence-corrected chi connectivity index (χ0v) is 10.0. The summed E-state index contributed by atoms with van der Waals surface area (Å²) in [6.45, 7) is 0.849. The predicted octanol–water partition coefficient (Wildman–Crippen LogP) is 1.33. The molecule has 1 aromatic carbocycles. The molecule has 0 radical (unpaired) electrons. The summed E-state index contributed by atoms with van der Waals surface area (Å²) in [7, 11) is 1.35. The number of benzene rings is 1. The highest BCUT2D eigenvalue weighted by Gasteiger charge is 2.18. The Bertz CT molecular complexity index is 436. The van der Waals surface area contributed by atoms with Crippen molar-refractivity contribution in [3.05, 3.63) is 22.7 Å². The number of methoxy groups -OCH3 is 1. The van der Waals surface area contributed by atoms with Crippen molar-refractivity contribution in [1.29, 1.82) is 0 Å². The van der Waals surface area contributed by atoms with Crippen LogP contribution in [0.2, 0.25) is 5.02 Å². The van der Waals surface area contributed by atoms with Crippen LogP contribution in [0, 0.1) is 0 Å². The van der Waals surface area contributed by atoms with Crippen molar-refractivity contribution in [3.8, 4) is 11.5 Å². The second kappa shape index (κ2) is 5.25. The summed E-state index contributed by atoms with van der Waals surface area (Å²) in [6, 6.07) is 3.61. The van der Waals surface area contributed by atoms with Crippen LogP contribution in [-0.2, 0) is 16.1 Å². The Morgan fingerprint density at radius 1 is 1.53 bits per heavy atom. The second-order valence-electron chi connectivity index (χ2n) is 3.49. The minimum absolute atomic E-state index is 0.155. The standard InChI is InChI=1S/C11H12ClNO4/c1-15-10(14)5-13-4-7-2-8(12)11-9(3-7)16-6-17-11/h2-3,13H,4-6H2,1H3. The van der Waals surface area contributed by atoms with Crippen molar-refractivity contribution >= 4 is 17.6 Å². The zero-order valence-electron chi connectivity index (χ0n) is 9.29. The molecule has 0 atom stereocenters. The van der Waals surface area contributed by atoms with Crippen LogP contribution in [0.5, 0.6) is 11.5 Å². The van der Waals surface area contributed by atoms with Gasteiger partial charge in [-0.15, -0.1) is 0 Å². The summed E-state index contributed by atoms with van der Waals surface area (Å²) < 4.78 is 15.0. The Hall–Kier alpha value is -1.46. The number of hydrogen-bond donors (Lipinski definition) is 1. The highest BCUT2D eigenvalue weighted by atomic mass is 35.5. The molecule has 0 saturated carbocycles. The molecular weight excluding hydrogens is 246 g/mol. The van der Waals surface area contributed by atoms with Crippen molar-refractivity contribution in [2.45, 2.75) is 6.54 Å². The highest BCUT2D eigenvalue weighted by molar-refractivity contribution is 6.32.